The summed E-state index contributed by atoms with van der Waals surface area (Å²) in [5, 5.41) is 12.6. The van der Waals surface area contributed by atoms with Crippen LogP contribution in [0.2, 0.25) is 0 Å². The predicted octanol–water partition coefficient (Wildman–Crippen LogP) is 3.76. The van der Waals surface area contributed by atoms with Crippen molar-refractivity contribution in [3.8, 4) is 17.0 Å². The lowest BCUT2D eigenvalue weighted by Gasteiger charge is -2.21. The molecule has 37 heavy (non-hydrogen) atoms. The van der Waals surface area contributed by atoms with E-state index in [1.54, 1.807) is 6.07 Å². The van der Waals surface area contributed by atoms with Crippen molar-refractivity contribution in [3.05, 3.63) is 71.8 Å². The summed E-state index contributed by atoms with van der Waals surface area (Å²) >= 11 is 0. The smallest absolute Gasteiger partial charge is 0.236 e. The van der Waals surface area contributed by atoms with Gasteiger partial charge in [0.1, 0.15) is 22.6 Å². The van der Waals surface area contributed by atoms with E-state index in [4.69, 9.17) is 9.47 Å². The normalized spacial score (nSPS) is 21.1. The highest BCUT2D eigenvalue weighted by atomic mass is 32.2. The summed E-state index contributed by atoms with van der Waals surface area (Å²) in [7, 11) is -1.31. The zero-order chi connectivity index (χ0) is 25.4. The van der Waals surface area contributed by atoms with Crippen molar-refractivity contribution < 1.29 is 23.6 Å². The maximum atomic E-state index is 13.3. The number of pyridine rings is 1. The quantitative estimate of drug-likeness (QED) is 0.493. The summed E-state index contributed by atoms with van der Waals surface area (Å²) in [6, 6.07) is 18.9. The lowest BCUT2D eigenvalue weighted by atomic mass is 9.93. The molecule has 3 aliphatic rings. The van der Waals surface area contributed by atoms with Crippen molar-refractivity contribution in [1.29, 1.82) is 0 Å². The van der Waals surface area contributed by atoms with Gasteiger partial charge in [-0.25, -0.2) is 13.5 Å². The van der Waals surface area contributed by atoms with Crippen LogP contribution in [0.3, 0.4) is 0 Å². The molecule has 6 rings (SSSR count). The van der Waals surface area contributed by atoms with E-state index in [-0.39, 0.29) is 25.3 Å². The molecular weight excluding hydrogens is 490 g/mol. The first-order chi connectivity index (χ1) is 18.1. The van der Waals surface area contributed by atoms with Crippen molar-refractivity contribution in [2.24, 2.45) is 0 Å². The minimum absolute atomic E-state index is 0.0167. The van der Waals surface area contributed by atoms with Crippen molar-refractivity contribution in [2.75, 3.05) is 25.3 Å². The van der Waals surface area contributed by atoms with E-state index >= 15 is 0 Å². The number of aliphatic hydroxyl groups excluding tert-OH is 1. The Morgan fingerprint density at radius 1 is 1.16 bits per heavy atom. The standard InChI is InChI=1S/C28H29N3O5S/c32-16-22-3-2-14-31(22)37(34)23-9-6-19(7-10-23)24-4-1-5-26(29-24)30-27(33)28(12-13-28)21-8-11-25-20(15-21)17-35-18-36-25/h1,4-11,15,22,32H,2-3,12-14,16-18H2,(H,29,30,33)/t22-,37?/m1/s1. The van der Waals surface area contributed by atoms with Gasteiger partial charge in [0.05, 0.1) is 29.2 Å². The molecular formula is C28H29N3O5S. The Morgan fingerprint density at radius 2 is 2.00 bits per heavy atom. The molecule has 2 N–H and O–H groups in total. The fourth-order valence-corrected chi connectivity index (χ4v) is 6.53. The molecule has 1 aliphatic carbocycles. The van der Waals surface area contributed by atoms with Gasteiger partial charge >= 0.3 is 0 Å². The molecule has 3 heterocycles. The number of benzene rings is 2. The first-order valence-electron chi connectivity index (χ1n) is 12.6. The summed E-state index contributed by atoms with van der Waals surface area (Å²) in [5.74, 6) is 1.24. The molecule has 1 saturated heterocycles. The number of rotatable bonds is 7. The van der Waals surface area contributed by atoms with Crippen LogP contribution >= 0.6 is 0 Å². The van der Waals surface area contributed by atoms with Crippen molar-refractivity contribution in [3.63, 3.8) is 0 Å². The summed E-state index contributed by atoms with van der Waals surface area (Å²) in [6.45, 7) is 1.47. The Kier molecular flexibility index (Phi) is 6.54. The Bertz CT molecular complexity index is 1340. The highest BCUT2D eigenvalue weighted by molar-refractivity contribution is 7.82. The largest absolute Gasteiger partial charge is 0.467 e. The minimum Gasteiger partial charge on any atom is -0.467 e. The van der Waals surface area contributed by atoms with Crippen molar-refractivity contribution in [1.82, 2.24) is 9.29 Å². The van der Waals surface area contributed by atoms with Crippen LogP contribution in [-0.4, -0.2) is 50.5 Å². The molecule has 2 aliphatic heterocycles. The molecule has 1 unspecified atom stereocenters. The van der Waals surface area contributed by atoms with Gasteiger partial charge in [-0.3, -0.25) is 4.79 Å². The average molecular weight is 520 g/mol. The predicted molar refractivity (Wildman–Crippen MR) is 139 cm³/mol. The first-order valence-corrected chi connectivity index (χ1v) is 13.7. The average Bonchev–Trinajstić information content (AvgIpc) is 3.63. The highest BCUT2D eigenvalue weighted by Gasteiger charge is 2.51. The second-order valence-corrected chi connectivity index (χ2v) is 11.2. The maximum absolute atomic E-state index is 13.3. The molecule has 1 aromatic heterocycles. The zero-order valence-corrected chi connectivity index (χ0v) is 21.2. The third-order valence-corrected chi connectivity index (χ3v) is 9.02. The summed E-state index contributed by atoms with van der Waals surface area (Å²) in [6.07, 6.45) is 3.37. The van der Waals surface area contributed by atoms with E-state index in [0.29, 0.717) is 17.3 Å². The third-order valence-electron chi connectivity index (χ3n) is 7.44. The van der Waals surface area contributed by atoms with Gasteiger partial charge in [-0.05, 0) is 67.6 Å². The number of carbonyl (C=O) groups is 1. The number of amides is 1. The number of aliphatic hydroxyl groups is 1. The van der Waals surface area contributed by atoms with Crippen LogP contribution in [0.15, 0.2) is 65.6 Å². The first kappa shape index (κ1) is 24.2. The monoisotopic (exact) mass is 519 g/mol. The van der Waals surface area contributed by atoms with Crippen LogP contribution < -0.4 is 10.1 Å². The van der Waals surface area contributed by atoms with E-state index in [9.17, 15) is 14.1 Å². The number of nitrogens with zero attached hydrogens (tertiary/aromatic N) is 2. The number of carbonyl (C=O) groups excluding carboxylic acids is 1. The van der Waals surface area contributed by atoms with E-state index < -0.39 is 16.4 Å². The fourth-order valence-electron chi connectivity index (χ4n) is 5.15. The molecule has 192 valence electrons. The number of aromatic nitrogens is 1. The number of hydrogen-bond donors (Lipinski definition) is 2. The summed E-state index contributed by atoms with van der Waals surface area (Å²) in [4.78, 5) is 18.7. The number of ether oxygens (including phenoxy) is 2. The molecule has 2 atom stereocenters. The van der Waals surface area contributed by atoms with Gasteiger partial charge in [0, 0.05) is 23.7 Å². The number of fused-ring (bicyclic) bond motifs is 1. The molecule has 0 radical (unpaired) electrons. The van der Waals surface area contributed by atoms with E-state index in [0.717, 1.165) is 60.4 Å². The third kappa shape index (κ3) is 4.68. The summed E-state index contributed by atoms with van der Waals surface area (Å²) < 4.78 is 25.8. The van der Waals surface area contributed by atoms with Crippen LogP contribution in [0, 0.1) is 0 Å². The van der Waals surface area contributed by atoms with Crippen molar-refractivity contribution >= 4 is 22.7 Å². The molecule has 2 aromatic carbocycles. The Morgan fingerprint density at radius 3 is 2.78 bits per heavy atom. The highest BCUT2D eigenvalue weighted by Crippen LogP contribution is 2.50. The van der Waals surface area contributed by atoms with E-state index in [1.165, 1.54) is 0 Å². The number of hydrogen-bond acceptors (Lipinski definition) is 6. The van der Waals surface area contributed by atoms with Crippen LogP contribution in [0.1, 0.15) is 36.8 Å². The van der Waals surface area contributed by atoms with Gasteiger partial charge in [0.15, 0.2) is 6.79 Å². The molecule has 1 amide bonds. The molecule has 2 fully saturated rings. The van der Waals surface area contributed by atoms with E-state index in [1.807, 2.05) is 58.9 Å². The van der Waals surface area contributed by atoms with Crippen molar-refractivity contribution in [2.45, 2.75) is 48.6 Å². The zero-order valence-electron chi connectivity index (χ0n) is 20.4. The van der Waals surface area contributed by atoms with Gasteiger partial charge in [-0.2, -0.15) is 0 Å². The lowest BCUT2D eigenvalue weighted by molar-refractivity contribution is -0.118. The minimum atomic E-state index is -1.31. The second kappa shape index (κ2) is 9.98. The van der Waals surface area contributed by atoms with Gasteiger partial charge in [0.25, 0.3) is 0 Å². The molecule has 9 heteroatoms. The fraction of sp³-hybridized carbons (Fsp3) is 0.357. The molecule has 0 spiro atoms. The molecule has 0 bridgehead atoms. The Hall–Kier alpha value is -3.11. The van der Waals surface area contributed by atoms with Crippen LogP contribution in [-0.2, 0) is 32.5 Å². The SMILES string of the molecule is O=C(Nc1cccc(-c2ccc(S(=O)N3CCC[C@@H]3CO)cc2)n1)C1(c2ccc3c(c2)COCO3)CC1. The molecule has 8 nitrogen and oxygen atoms in total. The number of anilines is 1. The van der Waals surface area contributed by atoms with Gasteiger partial charge in [-0.15, -0.1) is 0 Å². The van der Waals surface area contributed by atoms with E-state index in [2.05, 4.69) is 10.3 Å². The number of nitrogens with one attached hydrogen (secondary N) is 1. The van der Waals surface area contributed by atoms with Gasteiger partial charge in [0.2, 0.25) is 5.91 Å². The van der Waals surface area contributed by atoms with Gasteiger partial charge in [-0.1, -0.05) is 24.3 Å². The lowest BCUT2D eigenvalue weighted by Crippen LogP contribution is -2.33. The molecule has 1 saturated carbocycles. The van der Waals surface area contributed by atoms with Crippen LogP contribution in [0.4, 0.5) is 5.82 Å². The topological polar surface area (TPSA) is 101 Å². The maximum Gasteiger partial charge on any atom is 0.236 e. The summed E-state index contributed by atoms with van der Waals surface area (Å²) in [5.41, 5.74) is 2.96. The van der Waals surface area contributed by atoms with Crippen LogP contribution in [0.25, 0.3) is 11.3 Å². The Labute approximate surface area is 218 Å². The Balaban J connectivity index is 1.17. The van der Waals surface area contributed by atoms with Crippen LogP contribution in [0.5, 0.6) is 5.75 Å². The second-order valence-electron chi connectivity index (χ2n) is 9.77. The van der Waals surface area contributed by atoms with Gasteiger partial charge < -0.3 is 19.9 Å². The molecule has 3 aromatic rings.